The van der Waals surface area contributed by atoms with Crippen LogP contribution in [0.1, 0.15) is 39.1 Å². The second-order valence-electron chi connectivity index (χ2n) is 7.27. The molecular formula is C22H25ClN4O4S2. The second kappa shape index (κ2) is 11.0. The molecule has 3 aromatic rings. The summed E-state index contributed by atoms with van der Waals surface area (Å²) in [5.74, 6) is 0.743. The first kappa shape index (κ1) is 25.1. The molecule has 1 aromatic carbocycles. The quantitative estimate of drug-likeness (QED) is 0.323. The highest BCUT2D eigenvalue weighted by atomic mass is 35.5. The first-order chi connectivity index (χ1) is 15.7. The second-order valence-corrected chi connectivity index (χ2v) is 9.85. The Labute approximate surface area is 205 Å². The zero-order valence-electron chi connectivity index (χ0n) is 19.0. The smallest absolute Gasteiger partial charge is 0.341 e. The van der Waals surface area contributed by atoms with Crippen molar-refractivity contribution in [2.45, 2.75) is 39.5 Å². The molecular weight excluding hydrogens is 484 g/mol. The average molecular weight is 509 g/mol. The van der Waals surface area contributed by atoms with Crippen LogP contribution >= 0.6 is 34.7 Å². The molecule has 0 spiro atoms. The minimum Gasteiger partial charge on any atom is -0.486 e. The number of hydrogen-bond acceptors (Lipinski definition) is 8. The van der Waals surface area contributed by atoms with Crippen LogP contribution in [0.5, 0.6) is 5.75 Å². The number of nitrogens with zero attached hydrogens (tertiary/aromatic N) is 3. The van der Waals surface area contributed by atoms with Gasteiger partial charge in [0.1, 0.15) is 17.4 Å². The third kappa shape index (κ3) is 6.27. The van der Waals surface area contributed by atoms with Gasteiger partial charge in [-0.1, -0.05) is 23.4 Å². The van der Waals surface area contributed by atoms with Crippen molar-refractivity contribution in [2.75, 3.05) is 17.7 Å². The van der Waals surface area contributed by atoms with E-state index in [2.05, 4.69) is 15.5 Å². The van der Waals surface area contributed by atoms with E-state index >= 15 is 0 Å². The largest absolute Gasteiger partial charge is 0.486 e. The predicted molar refractivity (Wildman–Crippen MR) is 131 cm³/mol. The van der Waals surface area contributed by atoms with Gasteiger partial charge < -0.3 is 19.4 Å². The van der Waals surface area contributed by atoms with Gasteiger partial charge in [0.05, 0.1) is 17.9 Å². The summed E-state index contributed by atoms with van der Waals surface area (Å²) in [6.45, 7) is 7.97. The molecule has 0 saturated carbocycles. The van der Waals surface area contributed by atoms with Crippen molar-refractivity contribution in [1.29, 1.82) is 0 Å². The standard InChI is InChI=1S/C22H25ClN4O4S2/c1-6-30-21(29)16-9-14(4)33-20(16)24-18(28)11-32-22-26-25-17(27(22)5)10-31-15-7-12(2)19(23)13(3)8-15/h7-9H,6,10-11H2,1-5H3,(H,24,28). The van der Waals surface area contributed by atoms with Crippen molar-refractivity contribution in [3.63, 3.8) is 0 Å². The Balaban J connectivity index is 1.58. The molecule has 2 aromatic heterocycles. The van der Waals surface area contributed by atoms with Crippen LogP contribution in [0.2, 0.25) is 5.02 Å². The summed E-state index contributed by atoms with van der Waals surface area (Å²) < 4.78 is 12.7. The molecule has 11 heteroatoms. The van der Waals surface area contributed by atoms with Crippen molar-refractivity contribution in [2.24, 2.45) is 7.05 Å². The summed E-state index contributed by atoms with van der Waals surface area (Å²) >= 11 is 8.79. The fourth-order valence-electron chi connectivity index (χ4n) is 2.99. The molecule has 3 rings (SSSR count). The molecule has 8 nitrogen and oxygen atoms in total. The van der Waals surface area contributed by atoms with Crippen LogP contribution in [0.15, 0.2) is 23.4 Å². The highest BCUT2D eigenvalue weighted by Gasteiger charge is 2.19. The van der Waals surface area contributed by atoms with E-state index < -0.39 is 5.97 Å². The number of carbonyl (C=O) groups is 2. The SMILES string of the molecule is CCOC(=O)c1cc(C)sc1NC(=O)CSc1nnc(COc2cc(C)c(Cl)c(C)c2)n1C. The molecule has 0 saturated heterocycles. The predicted octanol–water partition coefficient (Wildman–Crippen LogP) is 4.94. The highest BCUT2D eigenvalue weighted by molar-refractivity contribution is 7.99. The molecule has 0 aliphatic rings. The molecule has 176 valence electrons. The van der Waals surface area contributed by atoms with E-state index in [4.69, 9.17) is 21.1 Å². The number of anilines is 1. The lowest BCUT2D eigenvalue weighted by Crippen LogP contribution is -2.16. The number of aromatic nitrogens is 3. The molecule has 1 N–H and O–H groups in total. The maximum Gasteiger partial charge on any atom is 0.341 e. The third-order valence-corrected chi connectivity index (χ3v) is 7.22. The number of ether oxygens (including phenoxy) is 2. The Morgan fingerprint density at radius 1 is 1.18 bits per heavy atom. The van der Waals surface area contributed by atoms with E-state index in [9.17, 15) is 9.59 Å². The Kier molecular flexibility index (Phi) is 8.39. The number of amides is 1. The number of esters is 1. The number of hydrogen-bond donors (Lipinski definition) is 1. The number of aryl methyl sites for hydroxylation is 3. The van der Waals surface area contributed by atoms with Gasteiger partial charge in [-0.3, -0.25) is 4.79 Å². The first-order valence-corrected chi connectivity index (χ1v) is 12.4. The Bertz CT molecular complexity index is 1150. The van der Waals surface area contributed by atoms with E-state index in [0.29, 0.717) is 27.3 Å². The lowest BCUT2D eigenvalue weighted by molar-refractivity contribution is -0.113. The minimum absolute atomic E-state index is 0.113. The van der Waals surface area contributed by atoms with E-state index in [-0.39, 0.29) is 24.9 Å². The summed E-state index contributed by atoms with van der Waals surface area (Å²) in [7, 11) is 1.82. The highest BCUT2D eigenvalue weighted by Crippen LogP contribution is 2.29. The number of benzene rings is 1. The monoisotopic (exact) mass is 508 g/mol. The summed E-state index contributed by atoms with van der Waals surface area (Å²) in [4.78, 5) is 25.5. The average Bonchev–Trinajstić information content (AvgIpc) is 3.30. The summed E-state index contributed by atoms with van der Waals surface area (Å²) in [5.41, 5.74) is 2.25. The van der Waals surface area contributed by atoms with Gasteiger partial charge in [-0.25, -0.2) is 4.79 Å². The summed E-state index contributed by atoms with van der Waals surface area (Å²) in [6.07, 6.45) is 0. The van der Waals surface area contributed by atoms with Crippen molar-refractivity contribution in [3.8, 4) is 5.75 Å². The van der Waals surface area contributed by atoms with Gasteiger partial charge in [0.25, 0.3) is 0 Å². The summed E-state index contributed by atoms with van der Waals surface area (Å²) in [5, 5.41) is 12.9. The normalized spacial score (nSPS) is 10.8. The zero-order chi connectivity index (χ0) is 24.1. The molecule has 0 aliphatic heterocycles. The van der Waals surface area contributed by atoms with Crippen LogP contribution in [0.3, 0.4) is 0 Å². The van der Waals surface area contributed by atoms with Gasteiger partial charge in [-0.2, -0.15) is 0 Å². The maximum absolute atomic E-state index is 12.5. The van der Waals surface area contributed by atoms with Gasteiger partial charge in [0, 0.05) is 16.9 Å². The van der Waals surface area contributed by atoms with Crippen LogP contribution in [0.4, 0.5) is 5.00 Å². The van der Waals surface area contributed by atoms with Crippen LogP contribution in [-0.2, 0) is 23.2 Å². The maximum atomic E-state index is 12.5. The van der Waals surface area contributed by atoms with Crippen LogP contribution in [0, 0.1) is 20.8 Å². The number of halogens is 1. The lowest BCUT2D eigenvalue weighted by atomic mass is 10.1. The fourth-order valence-corrected chi connectivity index (χ4v) is 4.75. The first-order valence-electron chi connectivity index (χ1n) is 10.2. The van der Waals surface area contributed by atoms with E-state index in [1.54, 1.807) is 17.6 Å². The number of thiophene rings is 1. The molecule has 0 atom stereocenters. The lowest BCUT2D eigenvalue weighted by Gasteiger charge is -2.10. The van der Waals surface area contributed by atoms with E-state index in [1.165, 1.54) is 23.1 Å². The minimum atomic E-state index is -0.450. The van der Waals surface area contributed by atoms with Crippen LogP contribution in [0.25, 0.3) is 0 Å². The number of thioether (sulfide) groups is 1. The van der Waals surface area contributed by atoms with E-state index in [1.807, 2.05) is 40.0 Å². The molecule has 0 fully saturated rings. The number of nitrogens with one attached hydrogen (secondary N) is 1. The van der Waals surface area contributed by atoms with Crippen LogP contribution in [-0.4, -0.2) is 39.0 Å². The van der Waals surface area contributed by atoms with Gasteiger partial charge >= 0.3 is 5.97 Å². The number of rotatable bonds is 9. The van der Waals surface area contributed by atoms with Gasteiger partial charge in [-0.15, -0.1) is 21.5 Å². The molecule has 2 heterocycles. The van der Waals surface area contributed by atoms with Crippen molar-refractivity contribution in [3.05, 3.63) is 50.6 Å². The molecule has 0 radical (unpaired) electrons. The van der Waals surface area contributed by atoms with Gasteiger partial charge in [0.2, 0.25) is 5.91 Å². The van der Waals surface area contributed by atoms with Gasteiger partial charge in [-0.05, 0) is 57.0 Å². The van der Waals surface area contributed by atoms with E-state index in [0.717, 1.165) is 21.0 Å². The fraction of sp³-hybridized carbons (Fsp3) is 0.364. The Morgan fingerprint density at radius 3 is 2.55 bits per heavy atom. The number of carbonyl (C=O) groups excluding carboxylic acids is 2. The molecule has 0 bridgehead atoms. The third-order valence-electron chi connectivity index (χ3n) is 4.64. The molecule has 0 aliphatic carbocycles. The summed E-state index contributed by atoms with van der Waals surface area (Å²) in [6, 6.07) is 5.47. The zero-order valence-corrected chi connectivity index (χ0v) is 21.4. The van der Waals surface area contributed by atoms with Crippen molar-refractivity contribution < 1.29 is 19.1 Å². The van der Waals surface area contributed by atoms with Gasteiger partial charge in [0.15, 0.2) is 11.0 Å². The molecule has 33 heavy (non-hydrogen) atoms. The van der Waals surface area contributed by atoms with Crippen LogP contribution < -0.4 is 10.1 Å². The molecule has 0 unspecified atom stereocenters. The van der Waals surface area contributed by atoms with Crippen molar-refractivity contribution in [1.82, 2.24) is 14.8 Å². The Morgan fingerprint density at radius 2 is 1.88 bits per heavy atom. The van der Waals surface area contributed by atoms with Crippen molar-refractivity contribution >= 4 is 51.6 Å². The Hall–Kier alpha value is -2.56. The molecule has 1 amide bonds. The topological polar surface area (TPSA) is 95.3 Å².